The summed E-state index contributed by atoms with van der Waals surface area (Å²) in [5.74, 6) is -0.0308. The Hall–Kier alpha value is 0.690. The third-order valence-electron chi connectivity index (χ3n) is 1.53. The minimum atomic E-state index is -4.53. The SMILES string of the molecule is O=P(O)(O)C(O)(CCCl)CCCl. The van der Waals surface area contributed by atoms with E-state index >= 15 is 0 Å². The van der Waals surface area contributed by atoms with Gasteiger partial charge in [0, 0.05) is 24.6 Å². The normalized spacial score (nSPS) is 13.4. The summed E-state index contributed by atoms with van der Waals surface area (Å²) in [7, 11) is -4.53. The quantitative estimate of drug-likeness (QED) is 0.494. The lowest BCUT2D eigenvalue weighted by Crippen LogP contribution is -2.29. The van der Waals surface area contributed by atoms with Gasteiger partial charge in [0.15, 0.2) is 5.34 Å². The maximum Gasteiger partial charge on any atom is 0.356 e. The molecular formula is C5H11Cl2O4P. The second kappa shape index (κ2) is 4.80. The molecule has 0 rings (SSSR count). The Kier molecular flexibility index (Phi) is 5.07. The largest absolute Gasteiger partial charge is 0.377 e. The first-order chi connectivity index (χ1) is 5.37. The van der Waals surface area contributed by atoms with Gasteiger partial charge in [0.25, 0.3) is 0 Å². The van der Waals surface area contributed by atoms with E-state index in [1.807, 2.05) is 0 Å². The standard InChI is InChI=1S/C5H11Cl2O4P/c6-3-1-5(8,2-4-7)12(9,10)11/h8H,1-4H2,(H2,9,10,11). The summed E-state index contributed by atoms with van der Waals surface area (Å²) >= 11 is 10.6. The molecule has 7 heteroatoms. The van der Waals surface area contributed by atoms with E-state index in [-0.39, 0.29) is 24.6 Å². The number of halogens is 2. The highest BCUT2D eigenvalue weighted by Gasteiger charge is 2.43. The summed E-state index contributed by atoms with van der Waals surface area (Å²) in [5, 5.41) is 7.36. The van der Waals surface area contributed by atoms with Crippen LogP contribution in [-0.4, -0.2) is 32.0 Å². The van der Waals surface area contributed by atoms with Gasteiger partial charge in [0.2, 0.25) is 0 Å². The van der Waals surface area contributed by atoms with Gasteiger partial charge in [-0.1, -0.05) is 0 Å². The van der Waals surface area contributed by atoms with Gasteiger partial charge in [-0.25, -0.2) is 0 Å². The molecule has 0 aromatic rings. The van der Waals surface area contributed by atoms with Crippen LogP contribution in [0.4, 0.5) is 0 Å². The fraction of sp³-hybridized carbons (Fsp3) is 1.00. The predicted molar refractivity (Wildman–Crippen MR) is 47.7 cm³/mol. The molecule has 0 heterocycles. The monoisotopic (exact) mass is 236 g/mol. The molecule has 0 aliphatic heterocycles. The molecule has 0 saturated carbocycles. The maximum atomic E-state index is 10.8. The first-order valence-corrected chi connectivity index (χ1v) is 5.95. The van der Waals surface area contributed by atoms with E-state index < -0.39 is 12.9 Å². The number of hydrogen-bond donors (Lipinski definition) is 3. The minimum absolute atomic E-state index is 0.0154. The van der Waals surface area contributed by atoms with Crippen LogP contribution in [0.25, 0.3) is 0 Å². The van der Waals surface area contributed by atoms with Crippen LogP contribution in [0.3, 0.4) is 0 Å². The van der Waals surface area contributed by atoms with E-state index in [0.29, 0.717) is 0 Å². The zero-order valence-electron chi connectivity index (χ0n) is 6.28. The van der Waals surface area contributed by atoms with E-state index in [1.54, 1.807) is 0 Å². The van der Waals surface area contributed by atoms with Gasteiger partial charge in [0.1, 0.15) is 0 Å². The Morgan fingerprint density at radius 1 is 1.17 bits per heavy atom. The molecule has 0 amide bonds. The van der Waals surface area contributed by atoms with Crippen LogP contribution >= 0.6 is 30.8 Å². The molecule has 0 radical (unpaired) electrons. The van der Waals surface area contributed by atoms with Crippen molar-refractivity contribution in [2.24, 2.45) is 0 Å². The van der Waals surface area contributed by atoms with Crippen LogP contribution in [0.2, 0.25) is 0 Å². The maximum absolute atomic E-state index is 10.8. The predicted octanol–water partition coefficient (Wildman–Crippen LogP) is 1.11. The fourth-order valence-corrected chi connectivity index (χ4v) is 2.41. The summed E-state index contributed by atoms with van der Waals surface area (Å²) in [5.41, 5.74) is 0. The van der Waals surface area contributed by atoms with Gasteiger partial charge in [0.05, 0.1) is 0 Å². The van der Waals surface area contributed by atoms with E-state index in [4.69, 9.17) is 33.0 Å². The average Bonchev–Trinajstić information content (AvgIpc) is 1.86. The molecule has 0 atom stereocenters. The molecule has 12 heavy (non-hydrogen) atoms. The van der Waals surface area contributed by atoms with Crippen LogP contribution < -0.4 is 0 Å². The highest BCUT2D eigenvalue weighted by Crippen LogP contribution is 2.52. The molecule has 0 aromatic heterocycles. The van der Waals surface area contributed by atoms with Gasteiger partial charge >= 0.3 is 7.60 Å². The third-order valence-corrected chi connectivity index (χ3v) is 3.44. The van der Waals surface area contributed by atoms with Crippen LogP contribution in [0.15, 0.2) is 0 Å². The number of alkyl halides is 2. The summed E-state index contributed by atoms with van der Waals surface area (Å²) in [6.07, 6.45) is -0.322. The van der Waals surface area contributed by atoms with Gasteiger partial charge in [-0.15, -0.1) is 23.2 Å². The number of hydrogen-bond acceptors (Lipinski definition) is 2. The Balaban J connectivity index is 4.50. The molecule has 0 aromatic carbocycles. The molecular weight excluding hydrogens is 226 g/mol. The Morgan fingerprint density at radius 3 is 1.67 bits per heavy atom. The van der Waals surface area contributed by atoms with Gasteiger partial charge < -0.3 is 14.9 Å². The molecule has 0 unspecified atom stereocenters. The summed E-state index contributed by atoms with van der Waals surface area (Å²) in [6.45, 7) is 0. The molecule has 0 bridgehead atoms. The first-order valence-electron chi connectivity index (χ1n) is 3.27. The van der Waals surface area contributed by atoms with Crippen molar-refractivity contribution in [3.63, 3.8) is 0 Å². The summed E-state index contributed by atoms with van der Waals surface area (Å²) < 4.78 is 10.8. The van der Waals surface area contributed by atoms with Crippen molar-refractivity contribution >= 4 is 30.8 Å². The molecule has 74 valence electrons. The zero-order chi connectivity index (χ0) is 9.83. The van der Waals surface area contributed by atoms with Gasteiger partial charge in [-0.2, -0.15) is 0 Å². The fourth-order valence-electron chi connectivity index (χ4n) is 0.719. The Labute approximate surface area is 80.7 Å². The van der Waals surface area contributed by atoms with Crippen molar-refractivity contribution < 1.29 is 19.5 Å². The van der Waals surface area contributed by atoms with E-state index in [2.05, 4.69) is 0 Å². The second-order valence-corrected chi connectivity index (χ2v) is 5.08. The molecule has 0 aliphatic carbocycles. The summed E-state index contributed by atoms with van der Waals surface area (Å²) in [4.78, 5) is 17.5. The Bertz CT molecular complexity index is 174. The van der Waals surface area contributed by atoms with Crippen molar-refractivity contribution in [2.45, 2.75) is 18.2 Å². The molecule has 3 N–H and O–H groups in total. The highest BCUT2D eigenvalue weighted by molar-refractivity contribution is 7.53. The van der Waals surface area contributed by atoms with Crippen molar-refractivity contribution in [2.75, 3.05) is 11.8 Å². The van der Waals surface area contributed by atoms with Crippen molar-refractivity contribution in [3.8, 4) is 0 Å². The minimum Gasteiger partial charge on any atom is -0.377 e. The van der Waals surface area contributed by atoms with Crippen molar-refractivity contribution in [1.29, 1.82) is 0 Å². The lowest BCUT2D eigenvalue weighted by atomic mass is 10.2. The second-order valence-electron chi connectivity index (χ2n) is 2.40. The highest BCUT2D eigenvalue weighted by atomic mass is 35.5. The van der Waals surface area contributed by atoms with Gasteiger partial charge in [-0.3, -0.25) is 4.57 Å². The average molecular weight is 237 g/mol. The molecule has 0 saturated heterocycles. The third kappa shape index (κ3) is 3.21. The van der Waals surface area contributed by atoms with E-state index in [0.717, 1.165) is 0 Å². The number of rotatable bonds is 5. The lowest BCUT2D eigenvalue weighted by molar-refractivity contribution is 0.0850. The van der Waals surface area contributed by atoms with E-state index in [9.17, 15) is 9.67 Å². The van der Waals surface area contributed by atoms with Gasteiger partial charge in [-0.05, 0) is 0 Å². The van der Waals surface area contributed by atoms with E-state index in [1.165, 1.54) is 0 Å². The van der Waals surface area contributed by atoms with Crippen LogP contribution in [-0.2, 0) is 4.57 Å². The lowest BCUT2D eigenvalue weighted by Gasteiger charge is -2.27. The molecule has 0 aliphatic rings. The van der Waals surface area contributed by atoms with Crippen LogP contribution in [0.5, 0.6) is 0 Å². The number of aliphatic hydroxyl groups is 1. The zero-order valence-corrected chi connectivity index (χ0v) is 8.69. The van der Waals surface area contributed by atoms with Crippen LogP contribution in [0.1, 0.15) is 12.8 Å². The smallest absolute Gasteiger partial charge is 0.356 e. The molecule has 0 fully saturated rings. The van der Waals surface area contributed by atoms with Crippen molar-refractivity contribution in [1.82, 2.24) is 0 Å². The van der Waals surface area contributed by atoms with Crippen LogP contribution in [0, 0.1) is 0 Å². The molecule has 4 nitrogen and oxygen atoms in total. The summed E-state index contributed by atoms with van der Waals surface area (Å²) in [6, 6.07) is 0. The Morgan fingerprint density at radius 2 is 1.50 bits per heavy atom. The van der Waals surface area contributed by atoms with Crippen molar-refractivity contribution in [3.05, 3.63) is 0 Å². The topological polar surface area (TPSA) is 77.8 Å². The first kappa shape index (κ1) is 12.7. The molecule has 0 spiro atoms.